The Kier molecular flexibility index (Phi) is 14.2. The first-order valence-electron chi connectivity index (χ1n) is 6.10. The molecule has 6 nitrogen and oxygen atoms in total. The number of benzene rings is 1. The SMILES string of the molecule is COCCOCOc1c(C)[c-]c(OC)c(OC)c1OC.[Br-].[Mg+2]. The zero-order valence-electron chi connectivity index (χ0n) is 13.7. The minimum atomic E-state index is 0. The summed E-state index contributed by atoms with van der Waals surface area (Å²) < 4.78 is 31.6. The van der Waals surface area contributed by atoms with E-state index in [1.165, 1.54) is 14.2 Å². The summed E-state index contributed by atoms with van der Waals surface area (Å²) in [6.07, 6.45) is 0. The first-order chi connectivity index (χ1) is 9.69. The first-order valence-corrected chi connectivity index (χ1v) is 6.10. The minimum absolute atomic E-state index is 0. The van der Waals surface area contributed by atoms with E-state index in [4.69, 9.17) is 28.4 Å². The average molecular weight is 390 g/mol. The van der Waals surface area contributed by atoms with Crippen molar-refractivity contribution in [2.75, 3.05) is 48.4 Å². The van der Waals surface area contributed by atoms with Gasteiger partial charge in [0.2, 0.25) is 0 Å². The number of methoxy groups -OCH3 is 4. The molecule has 122 valence electrons. The van der Waals surface area contributed by atoms with Gasteiger partial charge < -0.3 is 45.4 Å². The molecular weight excluding hydrogens is 368 g/mol. The summed E-state index contributed by atoms with van der Waals surface area (Å²) >= 11 is 0. The van der Waals surface area contributed by atoms with Gasteiger partial charge in [-0.3, -0.25) is 0 Å². The van der Waals surface area contributed by atoms with Crippen LogP contribution in [0.5, 0.6) is 23.0 Å². The molecule has 8 heteroatoms. The molecule has 0 aliphatic heterocycles. The second kappa shape index (κ2) is 13.1. The molecule has 0 aliphatic carbocycles. The van der Waals surface area contributed by atoms with Crippen LogP contribution >= 0.6 is 0 Å². The Labute approximate surface area is 158 Å². The summed E-state index contributed by atoms with van der Waals surface area (Å²) in [4.78, 5) is 0. The molecule has 0 aliphatic rings. The van der Waals surface area contributed by atoms with Gasteiger partial charge in [0.05, 0.1) is 57.5 Å². The van der Waals surface area contributed by atoms with Gasteiger partial charge in [0.25, 0.3) is 0 Å². The predicted octanol–water partition coefficient (Wildman–Crippen LogP) is -1.56. The summed E-state index contributed by atoms with van der Waals surface area (Å²) in [6, 6.07) is 3.04. The summed E-state index contributed by atoms with van der Waals surface area (Å²) in [5, 5.41) is 0. The van der Waals surface area contributed by atoms with Gasteiger partial charge in [-0.05, 0) is 0 Å². The zero-order valence-corrected chi connectivity index (χ0v) is 16.7. The molecule has 0 aromatic heterocycles. The van der Waals surface area contributed by atoms with Crippen LogP contribution in [-0.4, -0.2) is 71.5 Å². The Morgan fingerprint density at radius 1 is 0.864 bits per heavy atom. The van der Waals surface area contributed by atoms with E-state index in [1.807, 2.05) is 6.92 Å². The van der Waals surface area contributed by atoms with E-state index >= 15 is 0 Å². The van der Waals surface area contributed by atoms with Gasteiger partial charge in [-0.25, -0.2) is 0 Å². The van der Waals surface area contributed by atoms with Crippen LogP contribution in [0.2, 0.25) is 0 Å². The van der Waals surface area contributed by atoms with E-state index in [0.717, 1.165) is 5.56 Å². The molecule has 1 rings (SSSR count). The second-order valence-electron chi connectivity index (χ2n) is 3.84. The molecule has 0 saturated heterocycles. The van der Waals surface area contributed by atoms with Crippen LogP contribution < -0.4 is 35.9 Å². The molecule has 0 radical (unpaired) electrons. The van der Waals surface area contributed by atoms with Crippen molar-refractivity contribution < 1.29 is 45.4 Å². The number of rotatable bonds is 9. The number of hydrogen-bond donors (Lipinski definition) is 0. The monoisotopic (exact) mass is 388 g/mol. The van der Waals surface area contributed by atoms with Crippen LogP contribution in [0.4, 0.5) is 0 Å². The van der Waals surface area contributed by atoms with Gasteiger partial charge in [0.15, 0.2) is 6.79 Å². The van der Waals surface area contributed by atoms with Crippen molar-refractivity contribution in [3.8, 4) is 23.0 Å². The summed E-state index contributed by atoms with van der Waals surface area (Å²) in [6.45, 7) is 2.89. The Hall–Kier alpha value is -0.414. The van der Waals surface area contributed by atoms with Crippen LogP contribution in [0.1, 0.15) is 5.56 Å². The number of ether oxygens (including phenoxy) is 6. The van der Waals surface area contributed by atoms with Gasteiger partial charge in [0.1, 0.15) is 0 Å². The molecule has 0 amide bonds. The van der Waals surface area contributed by atoms with Gasteiger partial charge in [0, 0.05) is 7.11 Å². The molecule has 0 fully saturated rings. The smallest absolute Gasteiger partial charge is 1.00 e. The largest absolute Gasteiger partial charge is 2.00 e. The fourth-order valence-electron chi connectivity index (χ4n) is 1.65. The third kappa shape index (κ3) is 6.37. The van der Waals surface area contributed by atoms with E-state index in [9.17, 15) is 0 Å². The molecule has 0 bridgehead atoms. The van der Waals surface area contributed by atoms with Crippen LogP contribution in [0.25, 0.3) is 0 Å². The second-order valence-corrected chi connectivity index (χ2v) is 3.84. The molecule has 0 N–H and O–H groups in total. The summed E-state index contributed by atoms with van der Waals surface area (Å²) in [5.74, 6) is 1.88. The van der Waals surface area contributed by atoms with Crippen LogP contribution in [-0.2, 0) is 9.47 Å². The van der Waals surface area contributed by atoms with E-state index < -0.39 is 0 Å². The van der Waals surface area contributed by atoms with Gasteiger partial charge >= 0.3 is 23.1 Å². The van der Waals surface area contributed by atoms with E-state index in [0.29, 0.717) is 36.2 Å². The van der Waals surface area contributed by atoms with E-state index in [1.54, 1.807) is 14.2 Å². The quantitative estimate of drug-likeness (QED) is 0.221. The van der Waals surface area contributed by atoms with Gasteiger partial charge in [-0.1, -0.05) is 6.92 Å². The molecule has 1 aromatic carbocycles. The number of aryl methyl sites for hydroxylation is 1. The molecule has 22 heavy (non-hydrogen) atoms. The third-order valence-electron chi connectivity index (χ3n) is 2.59. The maximum absolute atomic E-state index is 5.58. The zero-order chi connectivity index (χ0) is 15.0. The first kappa shape index (κ1) is 23.8. The average Bonchev–Trinajstić information content (AvgIpc) is 2.47. The Bertz CT molecular complexity index is 430. The number of halogens is 1. The molecular formula is C14H21BrMgO6. The Balaban J connectivity index is 0. The molecule has 0 saturated carbocycles. The topological polar surface area (TPSA) is 55.4 Å². The summed E-state index contributed by atoms with van der Waals surface area (Å²) in [5.41, 5.74) is 0.745. The standard InChI is InChI=1S/C14H21O6.BrH.Mg/c1-10-8-11(16-3)13(17-4)14(18-5)12(10)20-9-19-7-6-15-2;;/h6-7,9H2,1-5H3;1H;/q-1;;+2/p-1. The fraction of sp³-hybridized carbons (Fsp3) is 0.571. The summed E-state index contributed by atoms with van der Waals surface area (Å²) in [7, 11) is 6.22. The van der Waals surface area contributed by atoms with Crippen molar-refractivity contribution in [2.45, 2.75) is 6.92 Å². The van der Waals surface area contributed by atoms with Crippen LogP contribution in [0.15, 0.2) is 0 Å². The molecule has 0 spiro atoms. The molecule has 0 heterocycles. The third-order valence-corrected chi connectivity index (χ3v) is 2.59. The van der Waals surface area contributed by atoms with Gasteiger partial charge in [-0.2, -0.15) is 0 Å². The van der Waals surface area contributed by atoms with E-state index in [-0.39, 0.29) is 46.8 Å². The Morgan fingerprint density at radius 2 is 1.50 bits per heavy atom. The van der Waals surface area contributed by atoms with Crippen molar-refractivity contribution >= 4 is 23.1 Å². The maximum atomic E-state index is 5.58. The van der Waals surface area contributed by atoms with Crippen molar-refractivity contribution in [1.29, 1.82) is 0 Å². The van der Waals surface area contributed by atoms with Crippen molar-refractivity contribution in [1.82, 2.24) is 0 Å². The van der Waals surface area contributed by atoms with Crippen molar-refractivity contribution in [3.05, 3.63) is 11.6 Å². The van der Waals surface area contributed by atoms with E-state index in [2.05, 4.69) is 6.07 Å². The van der Waals surface area contributed by atoms with Gasteiger partial charge in [-0.15, -0.1) is 11.6 Å². The minimum Gasteiger partial charge on any atom is -1.00 e. The maximum Gasteiger partial charge on any atom is 2.00 e. The molecule has 1 aromatic rings. The normalized spacial score (nSPS) is 9.32. The number of hydrogen-bond acceptors (Lipinski definition) is 6. The van der Waals surface area contributed by atoms with Crippen molar-refractivity contribution in [3.63, 3.8) is 0 Å². The Morgan fingerprint density at radius 3 is 2.00 bits per heavy atom. The van der Waals surface area contributed by atoms with Crippen molar-refractivity contribution in [2.24, 2.45) is 0 Å². The molecule has 0 unspecified atom stereocenters. The van der Waals surface area contributed by atoms with Crippen LogP contribution in [0, 0.1) is 13.0 Å². The molecule has 0 atom stereocenters. The predicted molar refractivity (Wildman–Crippen MR) is 78.7 cm³/mol. The van der Waals surface area contributed by atoms with Crippen LogP contribution in [0.3, 0.4) is 0 Å². The fourth-order valence-corrected chi connectivity index (χ4v) is 1.65.